The van der Waals surface area contributed by atoms with Crippen LogP contribution in [-0.2, 0) is 16.6 Å². The molecule has 1 aromatic heterocycles. The van der Waals surface area contributed by atoms with Gasteiger partial charge < -0.3 is 5.32 Å². The normalized spacial score (nSPS) is 11.5. The van der Waals surface area contributed by atoms with Gasteiger partial charge in [-0.05, 0) is 16.5 Å². The zero-order valence-corrected chi connectivity index (χ0v) is 14.2. The second-order valence-corrected chi connectivity index (χ2v) is 6.95. The van der Waals surface area contributed by atoms with Crippen LogP contribution in [0.4, 0.5) is 5.82 Å². The van der Waals surface area contributed by atoms with Gasteiger partial charge in [0.15, 0.2) is 5.82 Å². The van der Waals surface area contributed by atoms with E-state index >= 15 is 0 Å². The van der Waals surface area contributed by atoms with E-state index in [1.165, 1.54) is 5.56 Å². The minimum Gasteiger partial charge on any atom is -0.308 e. The predicted octanol–water partition coefficient (Wildman–Crippen LogP) is 4.11. The molecule has 0 saturated carbocycles. The van der Waals surface area contributed by atoms with Gasteiger partial charge in [-0.15, -0.1) is 5.10 Å². The summed E-state index contributed by atoms with van der Waals surface area (Å²) in [7, 11) is 0. The molecule has 0 radical (unpaired) electrons. The number of anilines is 1. The molecule has 0 aliphatic rings. The minimum atomic E-state index is -0.0934. The van der Waals surface area contributed by atoms with Crippen molar-refractivity contribution >= 4 is 22.5 Å². The van der Waals surface area contributed by atoms with Gasteiger partial charge in [0.05, 0.1) is 12.6 Å². The van der Waals surface area contributed by atoms with Gasteiger partial charge in [0.1, 0.15) is 0 Å². The van der Waals surface area contributed by atoms with E-state index in [4.69, 9.17) is 0 Å². The van der Waals surface area contributed by atoms with E-state index < -0.39 is 0 Å². The Kier molecular flexibility index (Phi) is 4.30. The zero-order valence-electron chi connectivity index (χ0n) is 14.2. The summed E-state index contributed by atoms with van der Waals surface area (Å²) in [5.74, 6) is 0.411. The van der Waals surface area contributed by atoms with E-state index in [0.29, 0.717) is 12.2 Å². The molecule has 1 amide bonds. The topological polar surface area (TPSA) is 54.9 Å². The average Bonchev–Trinajstić information content (AvgIpc) is 2.55. The zero-order chi connectivity index (χ0) is 17.2. The first-order valence-electron chi connectivity index (χ1n) is 8.03. The maximum Gasteiger partial charge on any atom is 0.230 e. The number of benzene rings is 2. The van der Waals surface area contributed by atoms with Crippen LogP contribution in [0.5, 0.6) is 0 Å². The number of aromatic nitrogens is 2. The Morgan fingerprint density at radius 3 is 2.46 bits per heavy atom. The first-order chi connectivity index (χ1) is 11.4. The van der Waals surface area contributed by atoms with Gasteiger partial charge >= 0.3 is 0 Å². The van der Waals surface area contributed by atoms with E-state index in [9.17, 15) is 4.79 Å². The summed E-state index contributed by atoms with van der Waals surface area (Å²) < 4.78 is 0. The number of carbonyl (C=O) groups is 1. The molecule has 4 nitrogen and oxygen atoms in total. The van der Waals surface area contributed by atoms with Crippen LogP contribution in [0, 0.1) is 0 Å². The molecule has 0 unspecified atom stereocenters. The summed E-state index contributed by atoms with van der Waals surface area (Å²) >= 11 is 0. The number of hydrogen-bond donors (Lipinski definition) is 1. The van der Waals surface area contributed by atoms with Crippen LogP contribution < -0.4 is 5.32 Å². The molecule has 24 heavy (non-hydrogen) atoms. The van der Waals surface area contributed by atoms with Crippen molar-refractivity contribution in [1.82, 2.24) is 10.2 Å². The second kappa shape index (κ2) is 6.40. The van der Waals surface area contributed by atoms with E-state index in [1.54, 1.807) is 6.20 Å². The third kappa shape index (κ3) is 3.59. The third-order valence-electron chi connectivity index (χ3n) is 4.01. The molecular weight excluding hydrogens is 298 g/mol. The number of nitrogens with zero attached hydrogens (tertiary/aromatic N) is 2. The first kappa shape index (κ1) is 16.1. The summed E-state index contributed by atoms with van der Waals surface area (Å²) in [5.41, 5.74) is 2.35. The lowest BCUT2D eigenvalue weighted by Gasteiger charge is -2.19. The summed E-state index contributed by atoms with van der Waals surface area (Å²) in [4.78, 5) is 12.3. The summed E-state index contributed by atoms with van der Waals surface area (Å²) in [6.45, 7) is 6.52. The molecule has 0 bridgehead atoms. The van der Waals surface area contributed by atoms with Crippen LogP contribution in [0.2, 0.25) is 0 Å². The van der Waals surface area contributed by atoms with Crippen molar-refractivity contribution in [2.24, 2.45) is 0 Å². The quantitative estimate of drug-likeness (QED) is 0.790. The van der Waals surface area contributed by atoms with Gasteiger partial charge in [-0.3, -0.25) is 4.79 Å². The standard InChI is InChI=1S/C20H21N3O/c1-20(2,3)16-10-8-14(9-11-16)12-18(24)22-19-17-7-5-4-6-15(17)13-21-23-19/h4-11,13H,12H2,1-3H3,(H,22,23,24). The molecule has 1 heterocycles. The summed E-state index contributed by atoms with van der Waals surface area (Å²) in [6, 6.07) is 15.9. The van der Waals surface area contributed by atoms with Gasteiger partial charge in [-0.1, -0.05) is 69.3 Å². The van der Waals surface area contributed by atoms with Crippen LogP contribution in [0.1, 0.15) is 31.9 Å². The Morgan fingerprint density at radius 2 is 1.75 bits per heavy atom. The maximum absolute atomic E-state index is 12.3. The Hall–Kier alpha value is -2.75. The molecule has 0 saturated heterocycles. The monoisotopic (exact) mass is 319 g/mol. The second-order valence-electron chi connectivity index (χ2n) is 6.95. The fraction of sp³-hybridized carbons (Fsp3) is 0.250. The number of rotatable bonds is 3. The summed E-state index contributed by atoms with van der Waals surface area (Å²) in [6.07, 6.45) is 2.01. The molecule has 0 atom stereocenters. The largest absolute Gasteiger partial charge is 0.308 e. The van der Waals surface area contributed by atoms with Crippen molar-refractivity contribution < 1.29 is 4.79 Å². The smallest absolute Gasteiger partial charge is 0.230 e. The number of amides is 1. The maximum atomic E-state index is 12.3. The molecule has 122 valence electrons. The molecule has 0 aliphatic carbocycles. The SMILES string of the molecule is CC(C)(C)c1ccc(CC(=O)Nc2nncc3ccccc23)cc1. The van der Waals surface area contributed by atoms with Crippen molar-refractivity contribution in [2.45, 2.75) is 32.6 Å². The van der Waals surface area contributed by atoms with E-state index in [-0.39, 0.29) is 11.3 Å². The van der Waals surface area contributed by atoms with Gasteiger partial charge in [0.2, 0.25) is 5.91 Å². The van der Waals surface area contributed by atoms with E-state index in [0.717, 1.165) is 16.3 Å². The predicted molar refractivity (Wildman–Crippen MR) is 97.0 cm³/mol. The van der Waals surface area contributed by atoms with Crippen molar-refractivity contribution in [3.8, 4) is 0 Å². The van der Waals surface area contributed by atoms with E-state index in [2.05, 4.69) is 48.4 Å². The first-order valence-corrected chi connectivity index (χ1v) is 8.03. The molecule has 1 N–H and O–H groups in total. The summed E-state index contributed by atoms with van der Waals surface area (Å²) in [5, 5.41) is 12.7. The highest BCUT2D eigenvalue weighted by atomic mass is 16.1. The number of hydrogen-bond acceptors (Lipinski definition) is 3. The Bertz CT molecular complexity index is 859. The van der Waals surface area contributed by atoms with Crippen LogP contribution in [-0.4, -0.2) is 16.1 Å². The molecule has 0 fully saturated rings. The molecular formula is C20H21N3O. The lowest BCUT2D eigenvalue weighted by molar-refractivity contribution is -0.115. The highest BCUT2D eigenvalue weighted by Gasteiger charge is 2.14. The lowest BCUT2D eigenvalue weighted by Crippen LogP contribution is -2.16. The molecule has 3 rings (SSSR count). The molecule has 3 aromatic rings. The van der Waals surface area contributed by atoms with Crippen molar-refractivity contribution in [2.75, 3.05) is 5.32 Å². The van der Waals surface area contributed by atoms with Gasteiger partial charge in [-0.25, -0.2) is 0 Å². The van der Waals surface area contributed by atoms with Crippen molar-refractivity contribution in [3.05, 3.63) is 65.9 Å². The van der Waals surface area contributed by atoms with Crippen LogP contribution in [0.3, 0.4) is 0 Å². The molecule has 2 aromatic carbocycles. The van der Waals surface area contributed by atoms with Gasteiger partial charge in [0.25, 0.3) is 0 Å². The third-order valence-corrected chi connectivity index (χ3v) is 4.01. The van der Waals surface area contributed by atoms with Crippen molar-refractivity contribution in [3.63, 3.8) is 0 Å². The number of nitrogens with one attached hydrogen (secondary N) is 1. The van der Waals surface area contributed by atoms with Crippen LogP contribution in [0.25, 0.3) is 10.8 Å². The fourth-order valence-electron chi connectivity index (χ4n) is 2.60. The average molecular weight is 319 g/mol. The van der Waals surface area contributed by atoms with E-state index in [1.807, 2.05) is 36.4 Å². The molecule has 4 heteroatoms. The molecule has 0 aliphatic heterocycles. The Labute approximate surface area is 141 Å². The molecule has 0 spiro atoms. The Balaban J connectivity index is 1.73. The minimum absolute atomic E-state index is 0.0934. The number of carbonyl (C=O) groups excluding carboxylic acids is 1. The Morgan fingerprint density at radius 1 is 1.04 bits per heavy atom. The van der Waals surface area contributed by atoms with Gasteiger partial charge in [0, 0.05) is 10.8 Å². The van der Waals surface area contributed by atoms with Crippen LogP contribution in [0.15, 0.2) is 54.7 Å². The fourth-order valence-corrected chi connectivity index (χ4v) is 2.60. The van der Waals surface area contributed by atoms with Crippen LogP contribution >= 0.6 is 0 Å². The van der Waals surface area contributed by atoms with Gasteiger partial charge in [-0.2, -0.15) is 5.10 Å². The van der Waals surface area contributed by atoms with Crippen molar-refractivity contribution in [1.29, 1.82) is 0 Å². The highest BCUT2D eigenvalue weighted by molar-refractivity contribution is 6.00. The highest BCUT2D eigenvalue weighted by Crippen LogP contribution is 2.23. The lowest BCUT2D eigenvalue weighted by atomic mass is 9.86. The number of fused-ring (bicyclic) bond motifs is 1.